The minimum Gasteiger partial charge on any atom is -0.467 e. The zero-order valence-electron chi connectivity index (χ0n) is 18.4. The van der Waals surface area contributed by atoms with E-state index in [0.29, 0.717) is 22.5 Å². The third kappa shape index (κ3) is 5.16. The summed E-state index contributed by atoms with van der Waals surface area (Å²) < 4.78 is 5.21. The van der Waals surface area contributed by atoms with E-state index in [0.717, 1.165) is 12.0 Å². The second-order valence-electron chi connectivity index (χ2n) is 7.78. The molecule has 0 spiro atoms. The van der Waals surface area contributed by atoms with Crippen molar-refractivity contribution in [2.24, 2.45) is 9.98 Å². The average molecular weight is 468 g/mol. The average Bonchev–Trinajstić information content (AvgIpc) is 3.44. The van der Waals surface area contributed by atoms with Crippen LogP contribution in [0.4, 0.5) is 5.69 Å². The molecule has 1 aromatic heterocycles. The molecule has 33 heavy (non-hydrogen) atoms. The summed E-state index contributed by atoms with van der Waals surface area (Å²) >= 11 is 1.18. The Morgan fingerprint density at radius 3 is 2.79 bits per heavy atom. The molecule has 2 aliphatic heterocycles. The third-order valence-electron chi connectivity index (χ3n) is 5.32. The number of amides is 3. The Kier molecular flexibility index (Phi) is 6.93. The maximum atomic E-state index is 13.2. The number of fused-ring (bicyclic) bond motifs is 3. The molecule has 0 saturated heterocycles. The number of aliphatic imine (C=N–C) groups is 2. The number of amidine groups is 2. The van der Waals surface area contributed by atoms with Crippen LogP contribution in [0.2, 0.25) is 0 Å². The van der Waals surface area contributed by atoms with Crippen molar-refractivity contribution in [3.05, 3.63) is 54.0 Å². The highest BCUT2D eigenvalue weighted by Crippen LogP contribution is 2.34. The zero-order valence-corrected chi connectivity index (χ0v) is 19.2. The van der Waals surface area contributed by atoms with E-state index in [4.69, 9.17) is 4.42 Å². The summed E-state index contributed by atoms with van der Waals surface area (Å²) in [5, 5.41) is 6.04. The monoisotopic (exact) mass is 467 g/mol. The second-order valence-corrected chi connectivity index (χ2v) is 8.72. The number of para-hydroxylation sites is 1. The molecule has 1 aromatic carbocycles. The van der Waals surface area contributed by atoms with Crippen LogP contribution in [-0.2, 0) is 20.9 Å². The van der Waals surface area contributed by atoms with Crippen LogP contribution in [0.25, 0.3) is 0 Å². The van der Waals surface area contributed by atoms with Gasteiger partial charge in [0.2, 0.25) is 11.8 Å². The summed E-state index contributed by atoms with van der Waals surface area (Å²) in [5.74, 6) is 0.438. The van der Waals surface area contributed by atoms with Crippen LogP contribution in [0.1, 0.15) is 38.0 Å². The maximum Gasteiger partial charge on any atom is 0.259 e. The van der Waals surface area contributed by atoms with E-state index in [1.165, 1.54) is 22.9 Å². The van der Waals surface area contributed by atoms with Crippen molar-refractivity contribution in [3.8, 4) is 0 Å². The maximum absolute atomic E-state index is 13.2. The fourth-order valence-electron chi connectivity index (χ4n) is 3.43. The molecule has 2 N–H and O–H groups in total. The molecule has 2 aliphatic rings. The van der Waals surface area contributed by atoms with E-state index in [1.807, 2.05) is 38.1 Å². The van der Waals surface area contributed by atoms with Crippen LogP contribution in [0, 0.1) is 0 Å². The van der Waals surface area contributed by atoms with Gasteiger partial charge in [0.15, 0.2) is 5.17 Å². The normalized spacial score (nSPS) is 17.6. The molecule has 0 fully saturated rings. The number of carbonyl (C=O) groups is 3. The Morgan fingerprint density at radius 2 is 2.03 bits per heavy atom. The lowest BCUT2D eigenvalue weighted by molar-refractivity contribution is -0.128. The molecule has 172 valence electrons. The van der Waals surface area contributed by atoms with E-state index >= 15 is 0 Å². The Hall–Kier alpha value is -3.40. The summed E-state index contributed by atoms with van der Waals surface area (Å²) in [5.41, 5.74) is 1.39. The van der Waals surface area contributed by atoms with Gasteiger partial charge in [0.05, 0.1) is 30.7 Å². The summed E-state index contributed by atoms with van der Waals surface area (Å²) in [7, 11) is 0. The minimum atomic E-state index is -0.859. The molecule has 0 aliphatic carbocycles. The highest BCUT2D eigenvalue weighted by molar-refractivity contribution is 8.14. The van der Waals surface area contributed by atoms with Crippen molar-refractivity contribution >= 4 is 46.2 Å². The number of nitrogens with zero attached hydrogens (tertiary/aromatic N) is 3. The van der Waals surface area contributed by atoms with Crippen LogP contribution < -0.4 is 10.6 Å². The SMILES string of the molecule is CC[C@@H](C)NC(=O)CSC1=Nc2ccccc2C2=N[C@H](CC(=O)NCc3ccco3)C(=O)N12. The summed E-state index contributed by atoms with van der Waals surface area (Å²) in [6, 6.07) is 10.1. The van der Waals surface area contributed by atoms with Crippen molar-refractivity contribution in [1.82, 2.24) is 15.5 Å². The Bertz CT molecular complexity index is 1110. The highest BCUT2D eigenvalue weighted by Gasteiger charge is 2.42. The van der Waals surface area contributed by atoms with Gasteiger partial charge in [-0.3, -0.25) is 19.4 Å². The molecule has 0 bridgehead atoms. The summed E-state index contributed by atoms with van der Waals surface area (Å²) in [6.45, 7) is 4.17. The van der Waals surface area contributed by atoms with Gasteiger partial charge in [-0.05, 0) is 37.6 Å². The fourth-order valence-corrected chi connectivity index (χ4v) is 4.24. The minimum absolute atomic E-state index is 0.0710. The van der Waals surface area contributed by atoms with Crippen LogP contribution in [0.5, 0.6) is 0 Å². The number of hydrogen-bond acceptors (Lipinski definition) is 7. The number of furan rings is 1. The van der Waals surface area contributed by atoms with Gasteiger partial charge in [-0.15, -0.1) is 0 Å². The van der Waals surface area contributed by atoms with Gasteiger partial charge in [-0.25, -0.2) is 9.89 Å². The topological polar surface area (TPSA) is 116 Å². The summed E-state index contributed by atoms with van der Waals surface area (Å²) in [6.07, 6.45) is 2.27. The van der Waals surface area contributed by atoms with E-state index in [1.54, 1.807) is 12.1 Å². The quantitative estimate of drug-likeness (QED) is 0.619. The van der Waals surface area contributed by atoms with E-state index < -0.39 is 6.04 Å². The lowest BCUT2D eigenvalue weighted by Crippen LogP contribution is -2.42. The van der Waals surface area contributed by atoms with Crippen LogP contribution in [0.3, 0.4) is 0 Å². The van der Waals surface area contributed by atoms with Crippen molar-refractivity contribution in [2.45, 2.75) is 45.3 Å². The zero-order chi connectivity index (χ0) is 23.4. The van der Waals surface area contributed by atoms with Gasteiger partial charge in [0.25, 0.3) is 5.91 Å². The molecular formula is C23H25N5O4S. The standard InChI is InChI=1S/C23H25N5O4S/c1-3-14(2)25-20(30)13-33-23-27-17-9-5-4-8-16(17)21-26-18(22(31)28(21)23)11-19(29)24-12-15-7-6-10-32-15/h4-10,14,18H,3,11-13H2,1-2H3,(H,24,29)(H,25,30)/t14-,18-/m1/s1. The first-order valence-electron chi connectivity index (χ1n) is 10.8. The molecule has 9 nitrogen and oxygen atoms in total. The largest absolute Gasteiger partial charge is 0.467 e. The Morgan fingerprint density at radius 1 is 1.21 bits per heavy atom. The Labute approximate surface area is 195 Å². The number of carbonyl (C=O) groups excluding carboxylic acids is 3. The van der Waals surface area contributed by atoms with Crippen LogP contribution in [0.15, 0.2) is 57.1 Å². The molecule has 4 rings (SSSR count). The van der Waals surface area contributed by atoms with Crippen LogP contribution >= 0.6 is 11.8 Å². The van der Waals surface area contributed by atoms with Gasteiger partial charge in [-0.1, -0.05) is 30.8 Å². The lowest BCUT2D eigenvalue weighted by Gasteiger charge is -2.25. The number of rotatable bonds is 8. The van der Waals surface area contributed by atoms with E-state index in [2.05, 4.69) is 20.6 Å². The van der Waals surface area contributed by atoms with Crippen LogP contribution in [-0.4, -0.2) is 51.5 Å². The number of benzene rings is 1. The van der Waals surface area contributed by atoms with Crippen molar-refractivity contribution in [2.75, 3.05) is 5.75 Å². The first kappa shape index (κ1) is 22.8. The van der Waals surface area contributed by atoms with Crippen molar-refractivity contribution in [3.63, 3.8) is 0 Å². The molecule has 0 saturated carbocycles. The highest BCUT2D eigenvalue weighted by atomic mass is 32.2. The number of thioether (sulfide) groups is 1. The van der Waals surface area contributed by atoms with E-state index in [9.17, 15) is 14.4 Å². The molecule has 0 radical (unpaired) electrons. The second kappa shape index (κ2) is 10.0. The van der Waals surface area contributed by atoms with Gasteiger partial charge in [0, 0.05) is 11.6 Å². The van der Waals surface area contributed by atoms with Crippen molar-refractivity contribution in [1.29, 1.82) is 0 Å². The van der Waals surface area contributed by atoms with Gasteiger partial charge >= 0.3 is 0 Å². The Balaban J connectivity index is 1.48. The third-order valence-corrected chi connectivity index (χ3v) is 6.26. The van der Waals surface area contributed by atoms with Gasteiger partial charge in [-0.2, -0.15) is 0 Å². The lowest BCUT2D eigenvalue weighted by atomic mass is 10.1. The molecular weight excluding hydrogens is 442 g/mol. The first-order valence-corrected chi connectivity index (χ1v) is 11.8. The first-order chi connectivity index (χ1) is 16.0. The predicted molar refractivity (Wildman–Crippen MR) is 126 cm³/mol. The molecule has 2 atom stereocenters. The smallest absolute Gasteiger partial charge is 0.259 e. The molecule has 10 heteroatoms. The number of hydrogen-bond donors (Lipinski definition) is 2. The van der Waals surface area contributed by atoms with Gasteiger partial charge < -0.3 is 15.1 Å². The van der Waals surface area contributed by atoms with Crippen molar-refractivity contribution < 1.29 is 18.8 Å². The molecule has 0 unspecified atom stereocenters. The molecule has 2 aromatic rings. The molecule has 3 heterocycles. The fraction of sp³-hybridized carbons (Fsp3) is 0.348. The predicted octanol–water partition coefficient (Wildman–Crippen LogP) is 2.59. The molecule has 3 amide bonds. The van der Waals surface area contributed by atoms with E-state index in [-0.39, 0.29) is 42.5 Å². The summed E-state index contributed by atoms with van der Waals surface area (Å²) in [4.78, 5) is 48.5. The number of nitrogens with one attached hydrogen (secondary N) is 2. The van der Waals surface area contributed by atoms with Gasteiger partial charge in [0.1, 0.15) is 17.6 Å².